The van der Waals surface area contributed by atoms with Crippen molar-refractivity contribution in [1.82, 2.24) is 15.6 Å². The second kappa shape index (κ2) is 5.99. The lowest BCUT2D eigenvalue weighted by Crippen LogP contribution is -2.32. The smallest absolute Gasteiger partial charge is 0.240 e. The van der Waals surface area contributed by atoms with E-state index in [1.807, 2.05) is 35.3 Å². The number of benzene rings is 1. The normalized spacial score (nSPS) is 17.0. The molecule has 4 rings (SSSR count). The summed E-state index contributed by atoms with van der Waals surface area (Å²) >= 11 is 0. The van der Waals surface area contributed by atoms with Crippen LogP contribution >= 0.6 is 0 Å². The average molecular weight is 325 g/mol. The summed E-state index contributed by atoms with van der Waals surface area (Å²) < 4.78 is 0. The fourth-order valence-corrected chi connectivity index (χ4v) is 2.84. The SMILES string of the molecule is O=C(Cc1ccc(N2CCC(=O)N2)cc1)Nc1cc(C2CC2)[nH]n1. The van der Waals surface area contributed by atoms with Crippen LogP contribution < -0.4 is 15.8 Å². The number of hydrogen-bond donors (Lipinski definition) is 3. The molecular weight excluding hydrogens is 306 g/mol. The lowest BCUT2D eigenvalue weighted by Gasteiger charge is -2.17. The Balaban J connectivity index is 1.34. The number of hydrogen-bond acceptors (Lipinski definition) is 4. The summed E-state index contributed by atoms with van der Waals surface area (Å²) in [7, 11) is 0. The Bertz CT molecular complexity index is 764. The lowest BCUT2D eigenvalue weighted by atomic mass is 10.1. The molecular formula is C17H19N5O2. The fourth-order valence-electron chi connectivity index (χ4n) is 2.84. The van der Waals surface area contributed by atoms with Gasteiger partial charge in [0.25, 0.3) is 0 Å². The van der Waals surface area contributed by atoms with Crippen LogP contribution in [-0.2, 0) is 16.0 Å². The van der Waals surface area contributed by atoms with Crippen LogP contribution in [0.25, 0.3) is 0 Å². The summed E-state index contributed by atoms with van der Waals surface area (Å²) in [5.41, 5.74) is 5.72. The van der Waals surface area contributed by atoms with Gasteiger partial charge in [0.2, 0.25) is 11.8 Å². The Labute approximate surface area is 139 Å². The van der Waals surface area contributed by atoms with Crippen molar-refractivity contribution in [3.05, 3.63) is 41.6 Å². The van der Waals surface area contributed by atoms with Crippen molar-refractivity contribution in [2.75, 3.05) is 16.9 Å². The van der Waals surface area contributed by atoms with Crippen molar-refractivity contribution in [2.24, 2.45) is 0 Å². The van der Waals surface area contributed by atoms with Gasteiger partial charge in [0.15, 0.2) is 5.82 Å². The standard InChI is InChI=1S/C17H19N5O2/c23-16-7-8-22(21-16)13-5-1-11(2-6-13)9-17(24)18-15-10-14(19-20-15)12-3-4-12/h1-2,5-6,10,12H,3-4,7-9H2,(H,21,23)(H2,18,19,20,24). The number of H-pyrrole nitrogens is 1. The van der Waals surface area contributed by atoms with Gasteiger partial charge in [0, 0.05) is 30.6 Å². The third-order valence-corrected chi connectivity index (χ3v) is 4.32. The number of aromatic nitrogens is 2. The topological polar surface area (TPSA) is 90.1 Å². The maximum atomic E-state index is 12.1. The number of rotatable bonds is 5. The molecule has 24 heavy (non-hydrogen) atoms. The number of carbonyl (C=O) groups excluding carboxylic acids is 2. The molecule has 7 heteroatoms. The molecule has 1 aromatic carbocycles. The molecule has 2 aromatic rings. The average Bonchev–Trinajstić information content (AvgIpc) is 3.17. The number of carbonyl (C=O) groups is 2. The Morgan fingerprint density at radius 1 is 1.29 bits per heavy atom. The third kappa shape index (κ3) is 3.24. The molecule has 7 nitrogen and oxygen atoms in total. The molecule has 0 spiro atoms. The summed E-state index contributed by atoms with van der Waals surface area (Å²) in [6.07, 6.45) is 3.19. The van der Waals surface area contributed by atoms with Gasteiger partial charge in [-0.25, -0.2) is 0 Å². The minimum absolute atomic E-state index is 0.0306. The zero-order chi connectivity index (χ0) is 16.5. The van der Waals surface area contributed by atoms with E-state index in [-0.39, 0.29) is 18.2 Å². The Morgan fingerprint density at radius 2 is 2.08 bits per heavy atom. The predicted molar refractivity (Wildman–Crippen MR) is 89.4 cm³/mol. The molecule has 124 valence electrons. The molecule has 1 aliphatic carbocycles. The largest absolute Gasteiger partial charge is 0.309 e. The zero-order valence-corrected chi connectivity index (χ0v) is 13.2. The molecule has 0 bridgehead atoms. The van der Waals surface area contributed by atoms with Gasteiger partial charge in [0.1, 0.15) is 0 Å². The molecule has 0 unspecified atom stereocenters. The molecule has 2 fully saturated rings. The number of anilines is 2. The number of aromatic amines is 1. The van der Waals surface area contributed by atoms with Crippen molar-refractivity contribution < 1.29 is 9.59 Å². The van der Waals surface area contributed by atoms with E-state index in [4.69, 9.17) is 0 Å². The van der Waals surface area contributed by atoms with E-state index in [1.165, 1.54) is 12.8 Å². The van der Waals surface area contributed by atoms with Crippen molar-refractivity contribution in [3.63, 3.8) is 0 Å². The van der Waals surface area contributed by atoms with Gasteiger partial charge in [-0.3, -0.25) is 25.1 Å². The highest BCUT2D eigenvalue weighted by Crippen LogP contribution is 2.39. The number of hydrazine groups is 1. The molecule has 1 aliphatic heterocycles. The van der Waals surface area contributed by atoms with Crippen LogP contribution in [0.3, 0.4) is 0 Å². The number of nitrogens with one attached hydrogen (secondary N) is 3. The molecule has 0 atom stereocenters. The van der Waals surface area contributed by atoms with E-state index in [0.29, 0.717) is 24.7 Å². The van der Waals surface area contributed by atoms with E-state index < -0.39 is 0 Å². The van der Waals surface area contributed by atoms with Crippen LogP contribution in [-0.4, -0.2) is 28.6 Å². The summed E-state index contributed by atoms with van der Waals surface area (Å²) in [5, 5.41) is 11.7. The second-order valence-corrected chi connectivity index (χ2v) is 6.31. The van der Waals surface area contributed by atoms with Crippen LogP contribution in [0.2, 0.25) is 0 Å². The summed E-state index contributed by atoms with van der Waals surface area (Å²) in [4.78, 5) is 23.4. The van der Waals surface area contributed by atoms with Crippen molar-refractivity contribution in [1.29, 1.82) is 0 Å². The van der Waals surface area contributed by atoms with Gasteiger partial charge in [-0.2, -0.15) is 5.10 Å². The quantitative estimate of drug-likeness (QED) is 0.780. The minimum Gasteiger partial charge on any atom is -0.309 e. The molecule has 2 aliphatic rings. The van der Waals surface area contributed by atoms with Crippen LogP contribution in [0, 0.1) is 0 Å². The van der Waals surface area contributed by atoms with Crippen LogP contribution in [0.4, 0.5) is 11.5 Å². The molecule has 2 heterocycles. The van der Waals surface area contributed by atoms with E-state index in [9.17, 15) is 9.59 Å². The Kier molecular flexibility index (Phi) is 3.68. The monoisotopic (exact) mass is 325 g/mol. The fraction of sp³-hybridized carbons (Fsp3) is 0.353. The van der Waals surface area contributed by atoms with Crippen molar-refractivity contribution in [3.8, 4) is 0 Å². The molecule has 1 aromatic heterocycles. The molecule has 1 saturated heterocycles. The van der Waals surface area contributed by atoms with Gasteiger partial charge in [0.05, 0.1) is 12.1 Å². The minimum atomic E-state index is -0.0916. The van der Waals surface area contributed by atoms with Gasteiger partial charge < -0.3 is 5.32 Å². The van der Waals surface area contributed by atoms with E-state index in [1.54, 1.807) is 0 Å². The Hall–Kier alpha value is -2.83. The van der Waals surface area contributed by atoms with Gasteiger partial charge in [-0.1, -0.05) is 12.1 Å². The first kappa shape index (κ1) is 14.7. The predicted octanol–water partition coefficient (Wildman–Crippen LogP) is 1.71. The first-order valence-electron chi connectivity index (χ1n) is 8.18. The highest BCUT2D eigenvalue weighted by atomic mass is 16.2. The Morgan fingerprint density at radius 3 is 2.75 bits per heavy atom. The molecule has 2 amide bonds. The molecule has 0 radical (unpaired) electrons. The van der Waals surface area contributed by atoms with E-state index >= 15 is 0 Å². The van der Waals surface area contributed by atoms with Crippen molar-refractivity contribution >= 4 is 23.3 Å². The number of nitrogens with zero attached hydrogens (tertiary/aromatic N) is 2. The second-order valence-electron chi connectivity index (χ2n) is 6.31. The zero-order valence-electron chi connectivity index (χ0n) is 13.2. The van der Waals surface area contributed by atoms with E-state index in [0.717, 1.165) is 16.9 Å². The maximum Gasteiger partial charge on any atom is 0.240 e. The first-order valence-corrected chi connectivity index (χ1v) is 8.18. The van der Waals surface area contributed by atoms with Gasteiger partial charge >= 0.3 is 0 Å². The molecule has 1 saturated carbocycles. The van der Waals surface area contributed by atoms with Crippen LogP contribution in [0.5, 0.6) is 0 Å². The van der Waals surface area contributed by atoms with Gasteiger partial charge in [-0.15, -0.1) is 0 Å². The summed E-state index contributed by atoms with van der Waals surface area (Å²) in [6, 6.07) is 9.54. The van der Waals surface area contributed by atoms with Crippen molar-refractivity contribution in [2.45, 2.75) is 31.6 Å². The third-order valence-electron chi connectivity index (χ3n) is 4.32. The summed E-state index contributed by atoms with van der Waals surface area (Å²) in [5.74, 6) is 1.11. The highest BCUT2D eigenvalue weighted by molar-refractivity contribution is 5.91. The highest BCUT2D eigenvalue weighted by Gasteiger charge is 2.25. The van der Waals surface area contributed by atoms with E-state index in [2.05, 4.69) is 20.9 Å². The number of amides is 2. The summed E-state index contributed by atoms with van der Waals surface area (Å²) in [6.45, 7) is 0.668. The maximum absolute atomic E-state index is 12.1. The lowest BCUT2D eigenvalue weighted by molar-refractivity contribution is -0.119. The molecule has 3 N–H and O–H groups in total. The first-order chi connectivity index (χ1) is 11.7. The van der Waals surface area contributed by atoms with Gasteiger partial charge in [-0.05, 0) is 30.5 Å². The van der Waals surface area contributed by atoms with Crippen LogP contribution in [0.15, 0.2) is 30.3 Å². The van der Waals surface area contributed by atoms with Crippen LogP contribution in [0.1, 0.15) is 36.4 Å².